The third-order valence-corrected chi connectivity index (χ3v) is 3.26. The quantitative estimate of drug-likeness (QED) is 0.361. The highest BCUT2D eigenvalue weighted by Gasteiger charge is 2.26. The lowest BCUT2D eigenvalue weighted by Gasteiger charge is -2.14. The number of ether oxygens (including phenoxy) is 2. The Morgan fingerprint density at radius 1 is 0.760 bits per heavy atom. The zero-order valence-corrected chi connectivity index (χ0v) is 13.7. The van der Waals surface area contributed by atoms with Crippen molar-refractivity contribution in [2.45, 2.75) is 0 Å². The molecule has 0 aliphatic heterocycles. The van der Waals surface area contributed by atoms with Crippen molar-refractivity contribution in [1.29, 1.82) is 0 Å². The van der Waals surface area contributed by atoms with E-state index in [0.717, 1.165) is 0 Å². The van der Waals surface area contributed by atoms with Crippen LogP contribution in [-0.2, 0) is 0 Å². The molecule has 0 bridgehead atoms. The smallest absolute Gasteiger partial charge is 0.200 e. The Morgan fingerprint density at radius 2 is 1.20 bits per heavy atom. The Kier molecular flexibility index (Phi) is 5.62. The zero-order valence-electron chi connectivity index (χ0n) is 12.8. The molecule has 10 heteroatoms. The van der Waals surface area contributed by atoms with E-state index in [9.17, 15) is 22.0 Å². The van der Waals surface area contributed by atoms with E-state index in [0.29, 0.717) is 17.2 Å². The molecule has 25 heavy (non-hydrogen) atoms. The maximum Gasteiger partial charge on any atom is 0.200 e. The van der Waals surface area contributed by atoms with Gasteiger partial charge in [-0.1, -0.05) is 0 Å². The Bertz CT molecular complexity index is 781. The summed E-state index contributed by atoms with van der Waals surface area (Å²) in [6.07, 6.45) is 0. The normalized spacial score (nSPS) is 10.4. The molecule has 0 amide bonds. The van der Waals surface area contributed by atoms with E-state index in [2.05, 4.69) is 5.32 Å². The Hall–Kier alpha value is -2.62. The van der Waals surface area contributed by atoms with Gasteiger partial charge >= 0.3 is 0 Å². The third kappa shape index (κ3) is 3.90. The number of hydrogen-bond acceptors (Lipinski definition) is 3. The number of anilines is 2. The van der Waals surface area contributed by atoms with Crippen LogP contribution in [0.3, 0.4) is 0 Å². The van der Waals surface area contributed by atoms with Crippen molar-refractivity contribution in [2.75, 3.05) is 24.9 Å². The van der Waals surface area contributed by atoms with Crippen LogP contribution in [0, 0.1) is 29.1 Å². The summed E-state index contributed by atoms with van der Waals surface area (Å²) in [7, 11) is 2.81. The summed E-state index contributed by atoms with van der Waals surface area (Å²) in [5.41, 5.74) is -0.957. The molecule has 134 valence electrons. The highest BCUT2D eigenvalue weighted by atomic mass is 32.1. The van der Waals surface area contributed by atoms with Crippen LogP contribution in [0.4, 0.5) is 33.3 Å². The second-order valence-electron chi connectivity index (χ2n) is 4.63. The third-order valence-electron chi connectivity index (χ3n) is 3.06. The van der Waals surface area contributed by atoms with Gasteiger partial charge in [0, 0.05) is 23.9 Å². The van der Waals surface area contributed by atoms with Gasteiger partial charge in [-0.15, -0.1) is 0 Å². The van der Waals surface area contributed by atoms with Gasteiger partial charge < -0.3 is 20.1 Å². The first-order chi connectivity index (χ1) is 11.8. The van der Waals surface area contributed by atoms with Crippen molar-refractivity contribution in [2.24, 2.45) is 0 Å². The van der Waals surface area contributed by atoms with E-state index in [1.807, 2.05) is 5.32 Å². The Balaban J connectivity index is 2.27. The number of nitrogens with one attached hydrogen (secondary N) is 2. The minimum absolute atomic E-state index is 0.303. The van der Waals surface area contributed by atoms with Crippen LogP contribution in [0.2, 0.25) is 0 Å². The first-order valence-corrected chi connectivity index (χ1v) is 7.01. The molecule has 0 saturated carbocycles. The van der Waals surface area contributed by atoms with Crippen molar-refractivity contribution in [3.8, 4) is 11.5 Å². The fourth-order valence-electron chi connectivity index (χ4n) is 1.87. The SMILES string of the molecule is COc1cc(NC(=S)Nc2c(F)c(F)c(F)c(F)c2F)cc(OC)c1. The zero-order chi connectivity index (χ0) is 18.7. The number of methoxy groups -OCH3 is 2. The summed E-state index contributed by atoms with van der Waals surface area (Å²) in [6.45, 7) is 0. The summed E-state index contributed by atoms with van der Waals surface area (Å²) in [5, 5.41) is 4.08. The lowest BCUT2D eigenvalue weighted by Crippen LogP contribution is -2.22. The van der Waals surface area contributed by atoms with Gasteiger partial charge in [0.05, 0.1) is 14.2 Å². The van der Waals surface area contributed by atoms with E-state index in [1.165, 1.54) is 26.4 Å². The predicted octanol–water partition coefficient (Wildman–Crippen LogP) is 4.21. The number of hydrogen-bond donors (Lipinski definition) is 2. The van der Waals surface area contributed by atoms with E-state index in [-0.39, 0.29) is 0 Å². The summed E-state index contributed by atoms with van der Waals surface area (Å²) in [5.74, 6) is -9.68. The molecule has 0 spiro atoms. The van der Waals surface area contributed by atoms with Crippen molar-refractivity contribution in [3.05, 3.63) is 47.3 Å². The molecule has 0 heterocycles. The first kappa shape index (κ1) is 18.7. The summed E-state index contributed by atoms with van der Waals surface area (Å²) in [6, 6.07) is 4.52. The van der Waals surface area contributed by atoms with Crippen molar-refractivity contribution in [1.82, 2.24) is 0 Å². The molecule has 2 rings (SSSR count). The molecule has 0 saturated heterocycles. The van der Waals surface area contributed by atoms with Gasteiger partial charge in [-0.25, -0.2) is 22.0 Å². The van der Waals surface area contributed by atoms with E-state index in [1.54, 1.807) is 6.07 Å². The molecular formula is C15H11F5N2O2S. The fraction of sp³-hybridized carbons (Fsp3) is 0.133. The van der Waals surface area contributed by atoms with Crippen molar-refractivity contribution < 1.29 is 31.4 Å². The molecule has 0 fully saturated rings. The highest BCUT2D eigenvalue weighted by molar-refractivity contribution is 7.80. The topological polar surface area (TPSA) is 42.5 Å². The predicted molar refractivity (Wildman–Crippen MR) is 85.6 cm³/mol. The van der Waals surface area contributed by atoms with Crippen LogP contribution in [-0.4, -0.2) is 19.3 Å². The number of rotatable bonds is 4. The molecule has 2 aromatic carbocycles. The molecule has 0 aromatic heterocycles. The standard InChI is InChI=1S/C15H11F5N2O2S/c1-23-7-3-6(4-8(5-7)24-2)21-15(25)22-14-12(19)10(17)9(16)11(18)13(14)20/h3-5H,1-2H3,(H2,21,22,25). The maximum absolute atomic E-state index is 13.6. The van der Waals surface area contributed by atoms with Crippen molar-refractivity contribution in [3.63, 3.8) is 0 Å². The minimum Gasteiger partial charge on any atom is -0.497 e. The largest absolute Gasteiger partial charge is 0.497 e. The van der Waals surface area contributed by atoms with Gasteiger partial charge in [0.1, 0.15) is 17.2 Å². The van der Waals surface area contributed by atoms with Crippen LogP contribution >= 0.6 is 12.2 Å². The van der Waals surface area contributed by atoms with Crippen LogP contribution < -0.4 is 20.1 Å². The molecule has 2 aromatic rings. The second-order valence-corrected chi connectivity index (χ2v) is 5.03. The Labute approximate surface area is 144 Å². The first-order valence-electron chi connectivity index (χ1n) is 6.61. The van der Waals surface area contributed by atoms with Crippen LogP contribution in [0.5, 0.6) is 11.5 Å². The molecule has 0 unspecified atom stereocenters. The van der Waals surface area contributed by atoms with Crippen LogP contribution in [0.25, 0.3) is 0 Å². The van der Waals surface area contributed by atoms with E-state index in [4.69, 9.17) is 21.7 Å². The number of benzene rings is 2. The average Bonchev–Trinajstić information content (AvgIpc) is 2.61. The van der Waals surface area contributed by atoms with Gasteiger partial charge in [-0.2, -0.15) is 0 Å². The molecular weight excluding hydrogens is 367 g/mol. The van der Waals surface area contributed by atoms with Gasteiger partial charge in [0.15, 0.2) is 28.4 Å². The van der Waals surface area contributed by atoms with Crippen LogP contribution in [0.1, 0.15) is 0 Å². The van der Waals surface area contributed by atoms with Crippen LogP contribution in [0.15, 0.2) is 18.2 Å². The number of thiocarbonyl (C=S) groups is 1. The van der Waals surface area contributed by atoms with E-state index < -0.39 is 39.9 Å². The summed E-state index contributed by atoms with van der Waals surface area (Å²) >= 11 is 4.84. The average molecular weight is 378 g/mol. The Morgan fingerprint density at radius 3 is 1.64 bits per heavy atom. The lowest BCUT2D eigenvalue weighted by atomic mass is 10.2. The molecule has 0 radical (unpaired) electrons. The molecule has 0 atom stereocenters. The van der Waals surface area contributed by atoms with Gasteiger partial charge in [-0.05, 0) is 12.2 Å². The summed E-state index contributed by atoms with van der Waals surface area (Å²) < 4.78 is 76.7. The molecule has 0 aliphatic carbocycles. The second kappa shape index (κ2) is 7.51. The van der Waals surface area contributed by atoms with Gasteiger partial charge in [0.2, 0.25) is 5.82 Å². The molecule has 4 nitrogen and oxygen atoms in total. The highest BCUT2D eigenvalue weighted by Crippen LogP contribution is 2.28. The van der Waals surface area contributed by atoms with Gasteiger partial charge in [-0.3, -0.25) is 0 Å². The maximum atomic E-state index is 13.6. The number of halogens is 5. The fourth-order valence-corrected chi connectivity index (χ4v) is 2.09. The van der Waals surface area contributed by atoms with Gasteiger partial charge in [0.25, 0.3) is 0 Å². The monoisotopic (exact) mass is 378 g/mol. The molecule has 2 N–H and O–H groups in total. The van der Waals surface area contributed by atoms with E-state index >= 15 is 0 Å². The summed E-state index contributed by atoms with van der Waals surface area (Å²) in [4.78, 5) is 0. The lowest BCUT2D eigenvalue weighted by molar-refractivity contribution is 0.382. The van der Waals surface area contributed by atoms with Crippen molar-refractivity contribution >= 4 is 28.7 Å². The molecule has 0 aliphatic rings. The minimum atomic E-state index is -2.25.